The van der Waals surface area contributed by atoms with Crippen LogP contribution < -0.4 is 5.73 Å². The number of aryl methyl sites for hydroxylation is 1. The monoisotopic (exact) mass is 276 g/mol. The van der Waals surface area contributed by atoms with Crippen molar-refractivity contribution in [3.63, 3.8) is 0 Å². The standard InChI is InChI=1S/C17H28N2O/c1-3-16(18)17(15-9-5-4-7-13(15)2)19-10-6-8-14(11-19)12-20/h4-5,7,9,14,16-17,20H,3,6,8,10-12,18H2,1-2H3. The predicted molar refractivity (Wildman–Crippen MR) is 83.6 cm³/mol. The molecular weight excluding hydrogens is 248 g/mol. The van der Waals surface area contributed by atoms with Crippen molar-refractivity contribution >= 4 is 0 Å². The van der Waals surface area contributed by atoms with Crippen LogP contribution in [-0.2, 0) is 0 Å². The zero-order valence-corrected chi connectivity index (χ0v) is 12.8. The maximum absolute atomic E-state index is 9.45. The summed E-state index contributed by atoms with van der Waals surface area (Å²) < 4.78 is 0. The van der Waals surface area contributed by atoms with Crippen LogP contribution >= 0.6 is 0 Å². The minimum absolute atomic E-state index is 0.147. The van der Waals surface area contributed by atoms with Gasteiger partial charge < -0.3 is 10.8 Å². The minimum Gasteiger partial charge on any atom is -0.396 e. The van der Waals surface area contributed by atoms with Gasteiger partial charge in [-0.25, -0.2) is 0 Å². The summed E-state index contributed by atoms with van der Waals surface area (Å²) in [6.07, 6.45) is 3.26. The average molecular weight is 276 g/mol. The van der Waals surface area contributed by atoms with Crippen molar-refractivity contribution in [2.24, 2.45) is 11.7 Å². The van der Waals surface area contributed by atoms with Gasteiger partial charge in [-0.15, -0.1) is 0 Å². The summed E-state index contributed by atoms with van der Waals surface area (Å²) in [7, 11) is 0. The number of aliphatic hydroxyl groups excluding tert-OH is 1. The molecule has 1 fully saturated rings. The summed E-state index contributed by atoms with van der Waals surface area (Å²) in [6.45, 7) is 6.66. The lowest BCUT2D eigenvalue weighted by molar-refractivity contribution is 0.0761. The van der Waals surface area contributed by atoms with E-state index in [0.29, 0.717) is 12.5 Å². The number of nitrogens with zero attached hydrogens (tertiary/aromatic N) is 1. The molecule has 112 valence electrons. The number of hydrogen-bond acceptors (Lipinski definition) is 3. The molecular formula is C17H28N2O. The Morgan fingerprint density at radius 2 is 2.15 bits per heavy atom. The molecule has 0 amide bonds. The maximum Gasteiger partial charge on any atom is 0.0501 e. The Labute approximate surface area is 122 Å². The molecule has 0 bridgehead atoms. The van der Waals surface area contributed by atoms with E-state index in [1.54, 1.807) is 0 Å². The second-order valence-corrected chi connectivity index (χ2v) is 6.06. The van der Waals surface area contributed by atoms with Crippen LogP contribution in [0.5, 0.6) is 0 Å². The zero-order chi connectivity index (χ0) is 14.5. The lowest BCUT2D eigenvalue weighted by Gasteiger charge is -2.41. The molecule has 3 atom stereocenters. The summed E-state index contributed by atoms with van der Waals surface area (Å²) in [6, 6.07) is 8.98. The van der Waals surface area contributed by atoms with E-state index in [4.69, 9.17) is 5.73 Å². The van der Waals surface area contributed by atoms with Gasteiger partial charge in [0.05, 0.1) is 6.04 Å². The molecule has 1 aromatic rings. The van der Waals surface area contributed by atoms with Gasteiger partial charge in [0.25, 0.3) is 0 Å². The van der Waals surface area contributed by atoms with Crippen LogP contribution in [0.3, 0.4) is 0 Å². The molecule has 0 aliphatic carbocycles. The first kappa shape index (κ1) is 15.5. The fourth-order valence-electron chi connectivity index (χ4n) is 3.34. The van der Waals surface area contributed by atoms with Crippen LogP contribution in [0.25, 0.3) is 0 Å². The molecule has 1 heterocycles. The SMILES string of the molecule is CCC(N)C(c1ccccc1C)N1CCCC(CO)C1. The lowest BCUT2D eigenvalue weighted by atomic mass is 9.89. The number of nitrogens with two attached hydrogens (primary N) is 1. The Balaban J connectivity index is 2.26. The van der Waals surface area contributed by atoms with Gasteiger partial charge in [0, 0.05) is 19.2 Å². The fraction of sp³-hybridized carbons (Fsp3) is 0.647. The Morgan fingerprint density at radius 1 is 1.40 bits per heavy atom. The molecule has 0 spiro atoms. The summed E-state index contributed by atoms with van der Waals surface area (Å²) in [4.78, 5) is 2.49. The van der Waals surface area contributed by atoms with Crippen molar-refractivity contribution in [2.75, 3.05) is 19.7 Å². The molecule has 0 radical (unpaired) electrons. The largest absolute Gasteiger partial charge is 0.396 e. The number of rotatable bonds is 5. The van der Waals surface area contributed by atoms with E-state index in [1.165, 1.54) is 11.1 Å². The van der Waals surface area contributed by atoms with Crippen molar-refractivity contribution in [1.29, 1.82) is 0 Å². The number of benzene rings is 1. The van der Waals surface area contributed by atoms with Gasteiger partial charge in [-0.05, 0) is 49.8 Å². The number of likely N-dealkylation sites (tertiary alicyclic amines) is 1. The average Bonchev–Trinajstić information content (AvgIpc) is 2.49. The van der Waals surface area contributed by atoms with Crippen molar-refractivity contribution in [2.45, 2.75) is 45.2 Å². The van der Waals surface area contributed by atoms with E-state index in [1.807, 2.05) is 0 Å². The lowest BCUT2D eigenvalue weighted by Crippen LogP contribution is -2.46. The fourth-order valence-corrected chi connectivity index (χ4v) is 3.34. The molecule has 1 aliphatic rings. The Kier molecular flexibility index (Phi) is 5.58. The minimum atomic E-state index is 0.147. The first-order valence-electron chi connectivity index (χ1n) is 7.83. The summed E-state index contributed by atoms with van der Waals surface area (Å²) in [5, 5.41) is 9.45. The molecule has 0 aromatic heterocycles. The van der Waals surface area contributed by atoms with Gasteiger partial charge in [-0.2, -0.15) is 0 Å². The van der Waals surface area contributed by atoms with Gasteiger partial charge in [0.15, 0.2) is 0 Å². The quantitative estimate of drug-likeness (QED) is 0.868. The van der Waals surface area contributed by atoms with E-state index in [-0.39, 0.29) is 12.1 Å². The van der Waals surface area contributed by atoms with E-state index in [9.17, 15) is 5.11 Å². The van der Waals surface area contributed by atoms with Gasteiger partial charge in [-0.3, -0.25) is 4.90 Å². The second-order valence-electron chi connectivity index (χ2n) is 6.06. The van der Waals surface area contributed by atoms with Crippen LogP contribution in [0.1, 0.15) is 43.4 Å². The van der Waals surface area contributed by atoms with Crippen molar-refractivity contribution < 1.29 is 5.11 Å². The van der Waals surface area contributed by atoms with Crippen LogP contribution in [-0.4, -0.2) is 35.7 Å². The van der Waals surface area contributed by atoms with Crippen LogP contribution in [0, 0.1) is 12.8 Å². The highest BCUT2D eigenvalue weighted by Crippen LogP contribution is 2.31. The second kappa shape index (κ2) is 7.21. The third kappa shape index (κ3) is 3.40. The third-order valence-electron chi connectivity index (χ3n) is 4.59. The Morgan fingerprint density at radius 3 is 2.80 bits per heavy atom. The van der Waals surface area contributed by atoms with E-state index >= 15 is 0 Å². The van der Waals surface area contributed by atoms with Crippen molar-refractivity contribution in [3.05, 3.63) is 35.4 Å². The molecule has 1 aromatic carbocycles. The highest BCUT2D eigenvalue weighted by Gasteiger charge is 2.30. The molecule has 1 aliphatic heterocycles. The van der Waals surface area contributed by atoms with Crippen LogP contribution in [0.2, 0.25) is 0 Å². The molecule has 2 rings (SSSR count). The van der Waals surface area contributed by atoms with E-state index in [0.717, 1.165) is 32.4 Å². The first-order valence-corrected chi connectivity index (χ1v) is 7.83. The van der Waals surface area contributed by atoms with Gasteiger partial charge in [0.1, 0.15) is 0 Å². The molecule has 1 saturated heterocycles. The van der Waals surface area contributed by atoms with E-state index < -0.39 is 0 Å². The number of aliphatic hydroxyl groups is 1. The van der Waals surface area contributed by atoms with Crippen LogP contribution in [0.4, 0.5) is 0 Å². The molecule has 3 unspecified atom stereocenters. The predicted octanol–water partition coefficient (Wildman–Crippen LogP) is 2.48. The molecule has 20 heavy (non-hydrogen) atoms. The van der Waals surface area contributed by atoms with Crippen LogP contribution in [0.15, 0.2) is 24.3 Å². The molecule has 0 saturated carbocycles. The topological polar surface area (TPSA) is 49.5 Å². The molecule has 3 N–H and O–H groups in total. The zero-order valence-electron chi connectivity index (χ0n) is 12.8. The summed E-state index contributed by atoms with van der Waals surface area (Å²) in [5.41, 5.74) is 9.09. The number of hydrogen-bond donors (Lipinski definition) is 2. The summed E-state index contributed by atoms with van der Waals surface area (Å²) >= 11 is 0. The Bertz CT molecular complexity index is 421. The maximum atomic E-state index is 9.45. The highest BCUT2D eigenvalue weighted by atomic mass is 16.3. The summed E-state index contributed by atoms with van der Waals surface area (Å²) in [5.74, 6) is 0.402. The van der Waals surface area contributed by atoms with Crippen molar-refractivity contribution in [3.8, 4) is 0 Å². The third-order valence-corrected chi connectivity index (χ3v) is 4.59. The van der Waals surface area contributed by atoms with Gasteiger partial charge in [0.2, 0.25) is 0 Å². The van der Waals surface area contributed by atoms with Gasteiger partial charge >= 0.3 is 0 Å². The van der Waals surface area contributed by atoms with Gasteiger partial charge in [-0.1, -0.05) is 31.2 Å². The smallest absolute Gasteiger partial charge is 0.0501 e. The highest BCUT2D eigenvalue weighted by molar-refractivity contribution is 5.30. The van der Waals surface area contributed by atoms with Crippen molar-refractivity contribution in [1.82, 2.24) is 4.90 Å². The first-order chi connectivity index (χ1) is 9.67. The van der Waals surface area contributed by atoms with E-state index in [2.05, 4.69) is 43.0 Å². The Hall–Kier alpha value is -0.900. The normalized spacial score (nSPS) is 23.5. The number of piperidine rings is 1. The molecule has 3 nitrogen and oxygen atoms in total. The molecule has 3 heteroatoms.